The van der Waals surface area contributed by atoms with Gasteiger partial charge in [0.25, 0.3) is 0 Å². The lowest BCUT2D eigenvalue weighted by atomic mass is 10.2. The molecule has 1 N–H and O–H groups in total. The zero-order chi connectivity index (χ0) is 15.5. The molecule has 0 aliphatic carbocycles. The molecule has 0 atom stereocenters. The fourth-order valence-corrected chi connectivity index (χ4v) is 2.83. The molecule has 0 fully saturated rings. The Morgan fingerprint density at radius 3 is 2.45 bits per heavy atom. The first-order chi connectivity index (χ1) is 10.6. The van der Waals surface area contributed by atoms with Gasteiger partial charge in [0.2, 0.25) is 0 Å². The molecule has 2 aromatic heterocycles. The summed E-state index contributed by atoms with van der Waals surface area (Å²) in [7, 11) is 0. The third kappa shape index (κ3) is 3.00. The smallest absolute Gasteiger partial charge is 0.117 e. The summed E-state index contributed by atoms with van der Waals surface area (Å²) in [6, 6.07) is 14.8. The van der Waals surface area contributed by atoms with E-state index in [1.807, 2.05) is 12.1 Å². The van der Waals surface area contributed by atoms with Crippen LogP contribution in [0.2, 0.25) is 0 Å². The van der Waals surface area contributed by atoms with Gasteiger partial charge in [-0.05, 0) is 56.7 Å². The minimum Gasteiger partial charge on any atom is -0.468 e. The van der Waals surface area contributed by atoms with Crippen molar-refractivity contribution in [2.24, 2.45) is 0 Å². The molecule has 3 rings (SSSR count). The normalized spacial score (nSPS) is 11.0. The lowest BCUT2D eigenvalue weighted by Crippen LogP contribution is -2.12. The average Bonchev–Trinajstić information content (AvgIpc) is 3.10. The Morgan fingerprint density at radius 2 is 1.77 bits per heavy atom. The zero-order valence-corrected chi connectivity index (χ0v) is 13.4. The van der Waals surface area contributed by atoms with Crippen LogP contribution in [0.1, 0.15) is 28.3 Å². The topological polar surface area (TPSA) is 30.1 Å². The predicted octanol–water partition coefficient (Wildman–Crippen LogP) is 4.29. The molecule has 1 aromatic carbocycles. The second kappa shape index (κ2) is 6.24. The van der Waals surface area contributed by atoms with Crippen LogP contribution in [0.3, 0.4) is 0 Å². The maximum atomic E-state index is 5.34. The van der Waals surface area contributed by atoms with Gasteiger partial charge >= 0.3 is 0 Å². The van der Waals surface area contributed by atoms with Gasteiger partial charge in [-0.3, -0.25) is 0 Å². The predicted molar refractivity (Wildman–Crippen MR) is 89.2 cm³/mol. The maximum absolute atomic E-state index is 5.34. The fraction of sp³-hybridized carbons (Fsp3) is 0.263. The number of nitrogens with one attached hydrogen (secondary N) is 1. The summed E-state index contributed by atoms with van der Waals surface area (Å²) in [5, 5.41) is 3.44. The van der Waals surface area contributed by atoms with E-state index in [0.29, 0.717) is 0 Å². The summed E-state index contributed by atoms with van der Waals surface area (Å²) < 4.78 is 7.65. The first-order valence-electron chi connectivity index (χ1n) is 7.63. The van der Waals surface area contributed by atoms with Crippen molar-refractivity contribution in [3.63, 3.8) is 0 Å². The second-order valence-electron chi connectivity index (χ2n) is 5.75. The number of nitrogens with zero attached hydrogens (tertiary/aromatic N) is 1. The first kappa shape index (κ1) is 14.7. The molecular weight excluding hydrogens is 272 g/mol. The second-order valence-corrected chi connectivity index (χ2v) is 5.75. The van der Waals surface area contributed by atoms with Crippen LogP contribution in [0.25, 0.3) is 5.69 Å². The van der Waals surface area contributed by atoms with E-state index in [-0.39, 0.29) is 0 Å². The lowest BCUT2D eigenvalue weighted by molar-refractivity contribution is 0.483. The highest BCUT2D eigenvalue weighted by molar-refractivity contribution is 5.42. The van der Waals surface area contributed by atoms with Gasteiger partial charge in [0.1, 0.15) is 5.76 Å². The van der Waals surface area contributed by atoms with Gasteiger partial charge in [-0.2, -0.15) is 0 Å². The Bertz CT molecular complexity index is 737. The highest BCUT2D eigenvalue weighted by atomic mass is 16.3. The zero-order valence-electron chi connectivity index (χ0n) is 13.4. The number of hydrogen-bond donors (Lipinski definition) is 1. The Hall–Kier alpha value is -2.26. The van der Waals surface area contributed by atoms with Gasteiger partial charge in [-0.15, -0.1) is 0 Å². The van der Waals surface area contributed by atoms with Gasteiger partial charge in [-0.1, -0.05) is 17.7 Å². The molecule has 0 saturated carbocycles. The molecule has 0 aliphatic rings. The molecule has 0 radical (unpaired) electrons. The summed E-state index contributed by atoms with van der Waals surface area (Å²) in [5.74, 6) is 0.965. The number of aromatic nitrogens is 1. The van der Waals surface area contributed by atoms with E-state index >= 15 is 0 Å². The molecule has 0 unspecified atom stereocenters. The van der Waals surface area contributed by atoms with Crippen molar-refractivity contribution in [2.45, 2.75) is 33.9 Å². The highest BCUT2D eigenvalue weighted by Crippen LogP contribution is 2.21. The maximum Gasteiger partial charge on any atom is 0.117 e. The SMILES string of the molecule is Cc1ccc(-n2c(C)cc(CNCc3ccco3)c2C)cc1. The molecule has 22 heavy (non-hydrogen) atoms. The number of benzene rings is 1. The minimum atomic E-state index is 0.751. The van der Waals surface area contributed by atoms with Crippen molar-refractivity contribution in [3.8, 4) is 5.69 Å². The van der Waals surface area contributed by atoms with E-state index in [2.05, 4.69) is 61.0 Å². The lowest BCUT2D eigenvalue weighted by Gasteiger charge is -2.10. The van der Waals surface area contributed by atoms with Crippen LogP contribution >= 0.6 is 0 Å². The van der Waals surface area contributed by atoms with Crippen LogP contribution < -0.4 is 5.32 Å². The van der Waals surface area contributed by atoms with Crippen LogP contribution in [0, 0.1) is 20.8 Å². The molecule has 3 aromatic rings. The van der Waals surface area contributed by atoms with Crippen molar-refractivity contribution in [3.05, 3.63) is 77.0 Å². The van der Waals surface area contributed by atoms with Gasteiger partial charge in [0.15, 0.2) is 0 Å². The molecule has 0 saturated heterocycles. The molecule has 2 heterocycles. The van der Waals surface area contributed by atoms with Crippen LogP contribution in [-0.2, 0) is 13.1 Å². The number of furan rings is 1. The van der Waals surface area contributed by atoms with E-state index in [1.54, 1.807) is 6.26 Å². The summed E-state index contributed by atoms with van der Waals surface area (Å²) >= 11 is 0. The van der Waals surface area contributed by atoms with Gasteiger partial charge in [0, 0.05) is 23.6 Å². The largest absolute Gasteiger partial charge is 0.468 e. The minimum absolute atomic E-state index is 0.751. The van der Waals surface area contributed by atoms with Crippen LogP contribution in [0.15, 0.2) is 53.1 Å². The Labute approximate surface area is 131 Å². The quantitative estimate of drug-likeness (QED) is 0.761. The molecule has 3 nitrogen and oxygen atoms in total. The molecule has 0 bridgehead atoms. The van der Waals surface area contributed by atoms with Crippen molar-refractivity contribution in [1.29, 1.82) is 0 Å². The fourth-order valence-electron chi connectivity index (χ4n) is 2.83. The Morgan fingerprint density at radius 1 is 1.00 bits per heavy atom. The monoisotopic (exact) mass is 294 g/mol. The van der Waals surface area contributed by atoms with E-state index in [0.717, 1.165) is 18.8 Å². The van der Waals surface area contributed by atoms with E-state index in [1.165, 1.54) is 28.2 Å². The summed E-state index contributed by atoms with van der Waals surface area (Å²) in [5.41, 5.74) is 6.37. The molecule has 114 valence electrons. The molecule has 0 aliphatic heterocycles. The summed E-state index contributed by atoms with van der Waals surface area (Å²) in [6.07, 6.45) is 1.71. The van der Waals surface area contributed by atoms with Crippen molar-refractivity contribution in [1.82, 2.24) is 9.88 Å². The number of rotatable bonds is 5. The van der Waals surface area contributed by atoms with E-state index < -0.39 is 0 Å². The molecule has 0 spiro atoms. The average molecular weight is 294 g/mol. The number of aryl methyl sites for hydroxylation is 2. The third-order valence-corrected chi connectivity index (χ3v) is 4.02. The Balaban J connectivity index is 1.76. The molecule has 0 amide bonds. The molecular formula is C19H22N2O. The highest BCUT2D eigenvalue weighted by Gasteiger charge is 2.10. The first-order valence-corrected chi connectivity index (χ1v) is 7.63. The van der Waals surface area contributed by atoms with Crippen molar-refractivity contribution in [2.75, 3.05) is 0 Å². The van der Waals surface area contributed by atoms with Gasteiger partial charge in [-0.25, -0.2) is 0 Å². The standard InChI is InChI=1S/C19H22N2O/c1-14-6-8-18(9-7-14)21-15(2)11-17(16(21)3)12-20-13-19-5-4-10-22-19/h4-11,20H,12-13H2,1-3H3. The van der Waals surface area contributed by atoms with E-state index in [4.69, 9.17) is 4.42 Å². The third-order valence-electron chi connectivity index (χ3n) is 4.02. The van der Waals surface area contributed by atoms with Crippen molar-refractivity contribution >= 4 is 0 Å². The summed E-state index contributed by atoms with van der Waals surface area (Å²) in [6.45, 7) is 8.04. The van der Waals surface area contributed by atoms with Crippen LogP contribution in [-0.4, -0.2) is 4.57 Å². The van der Waals surface area contributed by atoms with E-state index in [9.17, 15) is 0 Å². The number of hydrogen-bond acceptors (Lipinski definition) is 2. The molecule has 3 heteroatoms. The van der Waals surface area contributed by atoms with Crippen LogP contribution in [0.5, 0.6) is 0 Å². The Kier molecular flexibility index (Phi) is 4.16. The summed E-state index contributed by atoms with van der Waals surface area (Å²) in [4.78, 5) is 0. The van der Waals surface area contributed by atoms with Gasteiger partial charge in [0.05, 0.1) is 12.8 Å². The van der Waals surface area contributed by atoms with Crippen molar-refractivity contribution < 1.29 is 4.42 Å². The van der Waals surface area contributed by atoms with Crippen LogP contribution in [0.4, 0.5) is 0 Å². The van der Waals surface area contributed by atoms with Gasteiger partial charge < -0.3 is 14.3 Å².